The summed E-state index contributed by atoms with van der Waals surface area (Å²) < 4.78 is 37.7. The average Bonchev–Trinajstić information content (AvgIpc) is 2.41. The highest BCUT2D eigenvalue weighted by Crippen LogP contribution is 2.31. The molecule has 1 aliphatic heterocycles. The van der Waals surface area contributed by atoms with Crippen molar-refractivity contribution in [2.45, 2.75) is 30.9 Å². The fourth-order valence-corrected chi connectivity index (χ4v) is 4.11. The van der Waals surface area contributed by atoms with Crippen LogP contribution in [0.1, 0.15) is 13.8 Å². The predicted octanol–water partition coefficient (Wildman–Crippen LogP) is 1.08. The van der Waals surface area contributed by atoms with Crippen LogP contribution in [0, 0.1) is 0 Å². The van der Waals surface area contributed by atoms with Crippen molar-refractivity contribution in [3.05, 3.63) is 18.2 Å². The maximum Gasteiger partial charge on any atom is 0.247 e. The number of benzene rings is 1. The zero-order chi connectivity index (χ0) is 14.9. The molecule has 0 saturated carbocycles. The van der Waals surface area contributed by atoms with E-state index in [-0.39, 0.29) is 17.0 Å². The van der Waals surface area contributed by atoms with Crippen molar-refractivity contribution in [2.75, 3.05) is 26.0 Å². The molecular weight excluding hydrogens is 280 g/mol. The summed E-state index contributed by atoms with van der Waals surface area (Å²) in [5, 5.41) is 0. The standard InChI is InChI=1S/C13H20N2O4S/c1-9-8-19-10(2)7-15(9)20(16,17)13-6-11(14)4-5-12(13)18-3/h4-6,9-10H,7-8,14H2,1-3H3. The van der Waals surface area contributed by atoms with Crippen molar-refractivity contribution in [1.29, 1.82) is 0 Å². The van der Waals surface area contributed by atoms with Crippen LogP contribution in [0.3, 0.4) is 0 Å². The van der Waals surface area contributed by atoms with Crippen LogP contribution in [0.25, 0.3) is 0 Å². The molecule has 1 aliphatic rings. The van der Waals surface area contributed by atoms with Crippen LogP contribution in [-0.4, -0.2) is 45.1 Å². The molecule has 1 fully saturated rings. The lowest BCUT2D eigenvalue weighted by atomic mass is 10.2. The monoisotopic (exact) mass is 300 g/mol. The molecule has 0 aromatic heterocycles. The fourth-order valence-electron chi connectivity index (χ4n) is 2.23. The number of nitrogen functional groups attached to an aromatic ring is 1. The van der Waals surface area contributed by atoms with Crippen molar-refractivity contribution in [3.63, 3.8) is 0 Å². The predicted molar refractivity (Wildman–Crippen MR) is 76.2 cm³/mol. The molecule has 6 nitrogen and oxygen atoms in total. The van der Waals surface area contributed by atoms with Gasteiger partial charge in [-0.2, -0.15) is 4.31 Å². The van der Waals surface area contributed by atoms with Crippen molar-refractivity contribution >= 4 is 15.7 Å². The summed E-state index contributed by atoms with van der Waals surface area (Å²) in [6, 6.07) is 4.39. The number of rotatable bonds is 3. The van der Waals surface area contributed by atoms with Crippen LogP contribution in [0.5, 0.6) is 5.75 Å². The van der Waals surface area contributed by atoms with Crippen LogP contribution < -0.4 is 10.5 Å². The molecule has 0 radical (unpaired) electrons. The van der Waals surface area contributed by atoms with E-state index >= 15 is 0 Å². The van der Waals surface area contributed by atoms with Crippen molar-refractivity contribution in [3.8, 4) is 5.75 Å². The molecule has 2 N–H and O–H groups in total. The van der Waals surface area contributed by atoms with Gasteiger partial charge in [0.2, 0.25) is 10.0 Å². The normalized spacial score (nSPS) is 24.6. The number of nitrogens with two attached hydrogens (primary N) is 1. The van der Waals surface area contributed by atoms with Gasteiger partial charge in [-0.25, -0.2) is 8.42 Å². The van der Waals surface area contributed by atoms with Gasteiger partial charge in [-0.05, 0) is 32.0 Å². The number of anilines is 1. The number of morpholine rings is 1. The number of hydrogen-bond acceptors (Lipinski definition) is 5. The van der Waals surface area contributed by atoms with Crippen LogP contribution in [0.15, 0.2) is 23.1 Å². The van der Waals surface area contributed by atoms with E-state index in [4.69, 9.17) is 15.2 Å². The summed E-state index contributed by atoms with van der Waals surface area (Å²) in [5.41, 5.74) is 6.09. The second kappa shape index (κ2) is 5.59. The quantitative estimate of drug-likeness (QED) is 0.845. The summed E-state index contributed by atoms with van der Waals surface area (Å²) in [5.74, 6) is 0.297. The Bertz CT molecular complexity index is 588. The highest BCUT2D eigenvalue weighted by molar-refractivity contribution is 7.89. The van der Waals surface area contributed by atoms with Gasteiger partial charge in [-0.1, -0.05) is 0 Å². The Morgan fingerprint density at radius 2 is 2.10 bits per heavy atom. The Labute approximate surface area is 119 Å². The maximum absolute atomic E-state index is 12.8. The lowest BCUT2D eigenvalue weighted by molar-refractivity contribution is -0.0171. The van der Waals surface area contributed by atoms with E-state index < -0.39 is 10.0 Å². The first-order chi connectivity index (χ1) is 9.36. The lowest BCUT2D eigenvalue weighted by Gasteiger charge is -2.35. The molecule has 2 unspecified atom stereocenters. The molecule has 2 rings (SSSR count). The zero-order valence-corrected chi connectivity index (χ0v) is 12.7. The van der Waals surface area contributed by atoms with E-state index in [9.17, 15) is 8.42 Å². The van der Waals surface area contributed by atoms with E-state index in [1.165, 1.54) is 17.5 Å². The minimum atomic E-state index is -3.66. The van der Waals surface area contributed by atoms with E-state index in [1.807, 2.05) is 13.8 Å². The summed E-state index contributed by atoms with van der Waals surface area (Å²) in [6.07, 6.45) is -0.131. The molecule has 1 aromatic rings. The molecule has 0 bridgehead atoms. The third kappa shape index (κ3) is 2.74. The summed E-state index contributed by atoms with van der Waals surface area (Å²) in [4.78, 5) is 0.0981. The van der Waals surface area contributed by atoms with E-state index in [2.05, 4.69) is 0 Å². The SMILES string of the molecule is COc1ccc(N)cc1S(=O)(=O)N1CC(C)OCC1C. The summed E-state index contributed by atoms with van der Waals surface area (Å²) in [7, 11) is -2.22. The molecular formula is C13H20N2O4S. The first-order valence-electron chi connectivity index (χ1n) is 6.43. The number of nitrogens with zero attached hydrogens (tertiary/aromatic N) is 1. The Kier molecular flexibility index (Phi) is 4.22. The molecule has 2 atom stereocenters. The minimum absolute atomic E-state index is 0.0981. The molecule has 1 aromatic carbocycles. The molecule has 0 aliphatic carbocycles. The summed E-state index contributed by atoms with van der Waals surface area (Å²) in [6.45, 7) is 4.37. The molecule has 20 heavy (non-hydrogen) atoms. The van der Waals surface area contributed by atoms with Gasteiger partial charge in [-0.3, -0.25) is 0 Å². The Hall–Kier alpha value is -1.31. The van der Waals surface area contributed by atoms with Gasteiger partial charge in [0, 0.05) is 18.3 Å². The molecule has 1 saturated heterocycles. The van der Waals surface area contributed by atoms with Crippen LogP contribution in [0.4, 0.5) is 5.69 Å². The molecule has 0 amide bonds. The molecule has 112 valence electrons. The first kappa shape index (κ1) is 15.1. The second-order valence-corrected chi connectivity index (χ2v) is 6.84. The minimum Gasteiger partial charge on any atom is -0.495 e. The van der Waals surface area contributed by atoms with Gasteiger partial charge >= 0.3 is 0 Å². The number of sulfonamides is 1. The van der Waals surface area contributed by atoms with Gasteiger partial charge in [0.25, 0.3) is 0 Å². The van der Waals surface area contributed by atoms with Gasteiger partial charge in [0.05, 0.1) is 19.8 Å². The third-order valence-corrected chi connectivity index (χ3v) is 5.33. The fraction of sp³-hybridized carbons (Fsp3) is 0.538. The smallest absolute Gasteiger partial charge is 0.247 e. The number of ether oxygens (including phenoxy) is 2. The van der Waals surface area contributed by atoms with E-state index in [0.29, 0.717) is 24.6 Å². The molecule has 1 heterocycles. The Morgan fingerprint density at radius 1 is 1.40 bits per heavy atom. The second-order valence-electron chi connectivity index (χ2n) is 4.98. The van der Waals surface area contributed by atoms with Crippen molar-refractivity contribution < 1.29 is 17.9 Å². The molecule has 7 heteroatoms. The summed E-state index contributed by atoms with van der Waals surface area (Å²) >= 11 is 0. The number of methoxy groups -OCH3 is 1. The topological polar surface area (TPSA) is 81.9 Å². The van der Waals surface area contributed by atoms with Gasteiger partial charge in [0.15, 0.2) is 0 Å². The van der Waals surface area contributed by atoms with Crippen LogP contribution >= 0.6 is 0 Å². The Morgan fingerprint density at radius 3 is 2.75 bits per heavy atom. The van der Waals surface area contributed by atoms with E-state index in [1.54, 1.807) is 12.1 Å². The largest absolute Gasteiger partial charge is 0.495 e. The lowest BCUT2D eigenvalue weighted by Crippen LogP contribution is -2.50. The van der Waals surface area contributed by atoms with Gasteiger partial charge < -0.3 is 15.2 Å². The van der Waals surface area contributed by atoms with Crippen LogP contribution in [0.2, 0.25) is 0 Å². The van der Waals surface area contributed by atoms with Gasteiger partial charge in [-0.15, -0.1) is 0 Å². The van der Waals surface area contributed by atoms with Crippen LogP contribution in [-0.2, 0) is 14.8 Å². The third-order valence-electron chi connectivity index (χ3n) is 3.32. The average molecular weight is 300 g/mol. The Balaban J connectivity index is 2.46. The highest BCUT2D eigenvalue weighted by atomic mass is 32.2. The van der Waals surface area contributed by atoms with Crippen molar-refractivity contribution in [2.24, 2.45) is 0 Å². The highest BCUT2D eigenvalue weighted by Gasteiger charge is 2.35. The van der Waals surface area contributed by atoms with E-state index in [0.717, 1.165) is 0 Å². The first-order valence-corrected chi connectivity index (χ1v) is 7.87. The van der Waals surface area contributed by atoms with Gasteiger partial charge in [0.1, 0.15) is 10.6 Å². The number of hydrogen-bond donors (Lipinski definition) is 1. The molecule has 0 spiro atoms. The zero-order valence-electron chi connectivity index (χ0n) is 11.9. The maximum atomic E-state index is 12.8. The van der Waals surface area contributed by atoms with Crippen molar-refractivity contribution in [1.82, 2.24) is 4.31 Å².